The highest BCUT2D eigenvalue weighted by atomic mass is 16.5. The van der Waals surface area contributed by atoms with Crippen LogP contribution in [-0.4, -0.2) is 80.0 Å². The summed E-state index contributed by atoms with van der Waals surface area (Å²) >= 11 is 0. The second-order valence-corrected chi connectivity index (χ2v) is 4.80. The van der Waals surface area contributed by atoms with Crippen molar-refractivity contribution >= 4 is 12.0 Å². The average molecular weight is 288 g/mol. The molecule has 1 unspecified atom stereocenters. The molecule has 0 spiro atoms. The number of aliphatic carboxylic acids is 1. The topological polar surface area (TPSA) is 79.3 Å². The Morgan fingerprint density at radius 1 is 1.25 bits per heavy atom. The van der Waals surface area contributed by atoms with Crippen LogP contribution in [0.25, 0.3) is 0 Å². The number of likely N-dealkylation sites (tertiary alicyclic amines) is 1. The average Bonchev–Trinajstić information content (AvgIpc) is 2.91. The van der Waals surface area contributed by atoms with E-state index in [4.69, 9.17) is 14.6 Å². The Morgan fingerprint density at radius 2 is 1.95 bits per heavy atom. The number of rotatable bonds is 8. The van der Waals surface area contributed by atoms with E-state index in [0.29, 0.717) is 39.3 Å². The van der Waals surface area contributed by atoms with Crippen molar-refractivity contribution in [1.82, 2.24) is 9.80 Å². The predicted octanol–water partition coefficient (Wildman–Crippen LogP) is 0.640. The van der Waals surface area contributed by atoms with Gasteiger partial charge in [0.15, 0.2) is 0 Å². The summed E-state index contributed by atoms with van der Waals surface area (Å²) in [5, 5.41) is 9.15. The van der Waals surface area contributed by atoms with E-state index in [1.165, 1.54) is 4.90 Å². The zero-order valence-electron chi connectivity index (χ0n) is 12.2. The van der Waals surface area contributed by atoms with Crippen LogP contribution in [0.15, 0.2) is 0 Å². The van der Waals surface area contributed by atoms with E-state index < -0.39 is 12.0 Å². The molecule has 2 amide bonds. The first-order chi connectivity index (χ1) is 9.61. The molecule has 1 fully saturated rings. The number of carbonyl (C=O) groups excluding carboxylic acids is 1. The Bertz CT molecular complexity index is 324. The number of hydrogen-bond acceptors (Lipinski definition) is 4. The molecule has 0 aromatic rings. The lowest BCUT2D eigenvalue weighted by Crippen LogP contribution is -2.49. The first-order valence-corrected chi connectivity index (χ1v) is 6.88. The van der Waals surface area contributed by atoms with Crippen LogP contribution in [0.1, 0.15) is 19.3 Å². The molecule has 20 heavy (non-hydrogen) atoms. The van der Waals surface area contributed by atoms with Crippen molar-refractivity contribution in [2.24, 2.45) is 0 Å². The van der Waals surface area contributed by atoms with Crippen molar-refractivity contribution < 1.29 is 24.2 Å². The normalized spacial score (nSPS) is 18.3. The summed E-state index contributed by atoms with van der Waals surface area (Å²) in [5.74, 6) is -0.931. The van der Waals surface area contributed by atoms with Gasteiger partial charge in [-0.2, -0.15) is 0 Å². The molecule has 0 aromatic carbocycles. The van der Waals surface area contributed by atoms with Crippen LogP contribution in [0.5, 0.6) is 0 Å². The van der Waals surface area contributed by atoms with Crippen molar-refractivity contribution in [1.29, 1.82) is 0 Å². The van der Waals surface area contributed by atoms with E-state index in [2.05, 4.69) is 0 Å². The molecule has 1 aliphatic heterocycles. The van der Waals surface area contributed by atoms with E-state index in [1.54, 1.807) is 19.1 Å². The van der Waals surface area contributed by atoms with Crippen LogP contribution in [-0.2, 0) is 14.3 Å². The summed E-state index contributed by atoms with van der Waals surface area (Å²) in [6.07, 6.45) is 1.98. The molecule has 0 radical (unpaired) electrons. The molecular formula is C13H24N2O5. The summed E-state index contributed by atoms with van der Waals surface area (Å²) in [7, 11) is 3.19. The Hall–Kier alpha value is -1.34. The minimum Gasteiger partial charge on any atom is -0.480 e. The molecule has 1 heterocycles. The number of carboxylic acids is 1. The van der Waals surface area contributed by atoms with Gasteiger partial charge >= 0.3 is 12.0 Å². The molecule has 0 bridgehead atoms. The van der Waals surface area contributed by atoms with Crippen LogP contribution >= 0.6 is 0 Å². The maximum atomic E-state index is 12.5. The maximum Gasteiger partial charge on any atom is 0.326 e. The van der Waals surface area contributed by atoms with Gasteiger partial charge < -0.3 is 24.4 Å². The third kappa shape index (κ3) is 4.64. The molecule has 1 N–H and O–H groups in total. The van der Waals surface area contributed by atoms with E-state index >= 15 is 0 Å². The zero-order chi connectivity index (χ0) is 15.0. The molecule has 1 saturated heterocycles. The number of hydrogen-bond donors (Lipinski definition) is 1. The Kier molecular flexibility index (Phi) is 7.32. The molecule has 7 heteroatoms. The predicted molar refractivity (Wildman–Crippen MR) is 72.7 cm³/mol. The van der Waals surface area contributed by atoms with Gasteiger partial charge in [0, 0.05) is 40.5 Å². The number of methoxy groups -OCH3 is 2. The molecule has 1 atom stereocenters. The van der Waals surface area contributed by atoms with Gasteiger partial charge in [0.05, 0.1) is 6.61 Å². The fourth-order valence-corrected chi connectivity index (χ4v) is 2.34. The van der Waals surface area contributed by atoms with Crippen molar-refractivity contribution in [3.63, 3.8) is 0 Å². The number of urea groups is 1. The third-order valence-corrected chi connectivity index (χ3v) is 3.40. The Labute approximate surface area is 119 Å². The fraction of sp³-hybridized carbons (Fsp3) is 0.846. The monoisotopic (exact) mass is 288 g/mol. The van der Waals surface area contributed by atoms with E-state index in [-0.39, 0.29) is 6.03 Å². The fourth-order valence-electron chi connectivity index (χ4n) is 2.34. The van der Waals surface area contributed by atoms with Gasteiger partial charge in [0.25, 0.3) is 0 Å². The van der Waals surface area contributed by atoms with Gasteiger partial charge in [0.1, 0.15) is 6.04 Å². The molecule has 1 rings (SSSR count). The lowest BCUT2D eigenvalue weighted by atomic mass is 10.2. The summed E-state index contributed by atoms with van der Waals surface area (Å²) < 4.78 is 9.99. The minimum atomic E-state index is -0.931. The van der Waals surface area contributed by atoms with Crippen LogP contribution in [0, 0.1) is 0 Å². The molecular weight excluding hydrogens is 264 g/mol. The SMILES string of the molecule is COCCCN(CCOC)C(=O)N1CCCC1C(=O)O. The number of ether oxygens (including phenoxy) is 2. The van der Waals surface area contributed by atoms with Crippen molar-refractivity contribution in [2.45, 2.75) is 25.3 Å². The van der Waals surface area contributed by atoms with Gasteiger partial charge in [-0.3, -0.25) is 0 Å². The summed E-state index contributed by atoms with van der Waals surface area (Å²) in [6, 6.07) is -0.918. The Morgan fingerprint density at radius 3 is 2.55 bits per heavy atom. The first kappa shape index (κ1) is 16.7. The molecule has 0 saturated carbocycles. The van der Waals surface area contributed by atoms with Crippen molar-refractivity contribution in [3.05, 3.63) is 0 Å². The van der Waals surface area contributed by atoms with E-state index in [0.717, 1.165) is 12.8 Å². The third-order valence-electron chi connectivity index (χ3n) is 3.40. The lowest BCUT2D eigenvalue weighted by Gasteiger charge is -2.30. The highest BCUT2D eigenvalue weighted by Crippen LogP contribution is 2.19. The van der Waals surface area contributed by atoms with Crippen LogP contribution in [0.2, 0.25) is 0 Å². The second-order valence-electron chi connectivity index (χ2n) is 4.80. The molecule has 1 aliphatic rings. The van der Waals surface area contributed by atoms with E-state index in [1.807, 2.05) is 0 Å². The van der Waals surface area contributed by atoms with Crippen LogP contribution < -0.4 is 0 Å². The summed E-state index contributed by atoms with van der Waals surface area (Å²) in [4.78, 5) is 26.7. The smallest absolute Gasteiger partial charge is 0.326 e. The van der Waals surface area contributed by atoms with Crippen LogP contribution in [0.3, 0.4) is 0 Å². The number of nitrogens with zero attached hydrogens (tertiary/aromatic N) is 2. The number of carboxylic acid groups (broad SMARTS) is 1. The van der Waals surface area contributed by atoms with Crippen LogP contribution in [0.4, 0.5) is 4.79 Å². The molecule has 0 aliphatic carbocycles. The standard InChI is InChI=1S/C13H24N2O5/c1-19-9-4-6-14(8-10-20-2)13(18)15-7-3-5-11(15)12(16)17/h11H,3-10H2,1-2H3,(H,16,17). The number of carbonyl (C=O) groups is 2. The van der Waals surface area contributed by atoms with Crippen molar-refractivity contribution in [2.75, 3.05) is 47.1 Å². The van der Waals surface area contributed by atoms with E-state index in [9.17, 15) is 9.59 Å². The Balaban J connectivity index is 2.62. The van der Waals surface area contributed by atoms with Gasteiger partial charge in [-0.1, -0.05) is 0 Å². The highest BCUT2D eigenvalue weighted by molar-refractivity contribution is 5.83. The van der Waals surface area contributed by atoms with Gasteiger partial charge in [-0.25, -0.2) is 9.59 Å². The van der Waals surface area contributed by atoms with Gasteiger partial charge in [-0.15, -0.1) is 0 Å². The molecule has 7 nitrogen and oxygen atoms in total. The van der Waals surface area contributed by atoms with Crippen molar-refractivity contribution in [3.8, 4) is 0 Å². The number of amides is 2. The quantitative estimate of drug-likeness (QED) is 0.663. The molecule has 0 aromatic heterocycles. The highest BCUT2D eigenvalue weighted by Gasteiger charge is 2.35. The van der Waals surface area contributed by atoms with Gasteiger partial charge in [-0.05, 0) is 19.3 Å². The second kappa shape index (κ2) is 8.76. The summed E-state index contributed by atoms with van der Waals surface area (Å²) in [5.41, 5.74) is 0. The largest absolute Gasteiger partial charge is 0.480 e. The molecule has 116 valence electrons. The summed E-state index contributed by atoms with van der Waals surface area (Å²) in [6.45, 7) is 2.51. The first-order valence-electron chi connectivity index (χ1n) is 6.88. The zero-order valence-corrected chi connectivity index (χ0v) is 12.2. The maximum absolute atomic E-state index is 12.5. The van der Waals surface area contributed by atoms with Gasteiger partial charge in [0.2, 0.25) is 0 Å². The lowest BCUT2D eigenvalue weighted by molar-refractivity contribution is -0.141. The minimum absolute atomic E-state index is 0.219.